The van der Waals surface area contributed by atoms with Crippen LogP contribution in [0.25, 0.3) is 0 Å². The summed E-state index contributed by atoms with van der Waals surface area (Å²) in [6.07, 6.45) is 3.11. The third-order valence-electron chi connectivity index (χ3n) is 3.15. The van der Waals surface area contributed by atoms with Crippen molar-refractivity contribution in [3.05, 3.63) is 16.4 Å². The molecule has 92 valence electrons. The van der Waals surface area contributed by atoms with E-state index in [2.05, 4.69) is 12.0 Å². The van der Waals surface area contributed by atoms with Crippen molar-refractivity contribution in [1.29, 1.82) is 0 Å². The standard InChI is InChI=1S/C12H21ClN2O/c1-5-7-12(16,6-2)8-10-9(3)14-15(4)11(10)13/h16H,5-8H2,1-4H3. The Hall–Kier alpha value is -0.540. The number of nitrogens with zero attached hydrogens (tertiary/aromatic N) is 2. The van der Waals surface area contributed by atoms with Gasteiger partial charge in [0.2, 0.25) is 0 Å². The van der Waals surface area contributed by atoms with Gasteiger partial charge in [0.05, 0.1) is 11.3 Å². The summed E-state index contributed by atoms with van der Waals surface area (Å²) in [5.41, 5.74) is 1.24. The van der Waals surface area contributed by atoms with Crippen molar-refractivity contribution in [1.82, 2.24) is 9.78 Å². The normalized spacial score (nSPS) is 15.1. The molecule has 0 aromatic carbocycles. The molecule has 1 unspecified atom stereocenters. The number of aliphatic hydroxyl groups is 1. The van der Waals surface area contributed by atoms with Crippen LogP contribution in [0.1, 0.15) is 44.4 Å². The Bertz CT molecular complexity index is 362. The monoisotopic (exact) mass is 244 g/mol. The molecule has 1 heterocycles. The van der Waals surface area contributed by atoms with Crippen molar-refractivity contribution in [3.8, 4) is 0 Å². The predicted molar refractivity (Wildman–Crippen MR) is 66.8 cm³/mol. The van der Waals surface area contributed by atoms with Crippen LogP contribution in [0.15, 0.2) is 0 Å². The molecule has 1 aromatic rings. The van der Waals surface area contributed by atoms with E-state index in [1.807, 2.05) is 20.9 Å². The molecular formula is C12H21ClN2O. The molecule has 3 nitrogen and oxygen atoms in total. The lowest BCUT2D eigenvalue weighted by molar-refractivity contribution is 0.0269. The summed E-state index contributed by atoms with van der Waals surface area (Å²) < 4.78 is 1.66. The van der Waals surface area contributed by atoms with Gasteiger partial charge in [0.1, 0.15) is 5.15 Å². The van der Waals surface area contributed by atoms with Gasteiger partial charge in [0.15, 0.2) is 0 Å². The van der Waals surface area contributed by atoms with E-state index in [1.54, 1.807) is 4.68 Å². The molecule has 0 fully saturated rings. The van der Waals surface area contributed by atoms with Crippen LogP contribution < -0.4 is 0 Å². The second-order valence-corrected chi connectivity index (χ2v) is 4.84. The smallest absolute Gasteiger partial charge is 0.130 e. The molecule has 0 spiro atoms. The van der Waals surface area contributed by atoms with Crippen molar-refractivity contribution in [2.24, 2.45) is 7.05 Å². The number of hydrogen-bond acceptors (Lipinski definition) is 2. The van der Waals surface area contributed by atoms with E-state index in [-0.39, 0.29) is 0 Å². The number of hydrogen-bond donors (Lipinski definition) is 1. The fraction of sp³-hybridized carbons (Fsp3) is 0.750. The Labute approximate surface area is 102 Å². The van der Waals surface area contributed by atoms with Gasteiger partial charge in [-0.3, -0.25) is 4.68 Å². The minimum atomic E-state index is -0.647. The summed E-state index contributed by atoms with van der Waals surface area (Å²) in [7, 11) is 1.82. The molecule has 4 heteroatoms. The van der Waals surface area contributed by atoms with Crippen molar-refractivity contribution in [2.45, 2.75) is 52.1 Å². The number of rotatable bonds is 5. The molecule has 0 aliphatic carbocycles. The van der Waals surface area contributed by atoms with Gasteiger partial charge in [-0.15, -0.1) is 0 Å². The van der Waals surface area contributed by atoms with Gasteiger partial charge in [0, 0.05) is 19.0 Å². The van der Waals surface area contributed by atoms with E-state index >= 15 is 0 Å². The first-order valence-corrected chi connectivity index (χ1v) is 6.21. The predicted octanol–water partition coefficient (Wildman–Crippen LogP) is 2.87. The number of halogens is 1. The van der Waals surface area contributed by atoms with Crippen molar-refractivity contribution in [3.63, 3.8) is 0 Å². The Morgan fingerprint density at radius 3 is 2.44 bits per heavy atom. The van der Waals surface area contributed by atoms with Crippen LogP contribution in [0.5, 0.6) is 0 Å². The third kappa shape index (κ3) is 2.77. The molecule has 1 atom stereocenters. The summed E-state index contributed by atoms with van der Waals surface area (Å²) in [4.78, 5) is 0. The van der Waals surface area contributed by atoms with Crippen LogP contribution in [0.4, 0.5) is 0 Å². The molecule has 0 aliphatic heterocycles. The topological polar surface area (TPSA) is 38.1 Å². The summed E-state index contributed by atoms with van der Waals surface area (Å²) in [6, 6.07) is 0. The van der Waals surface area contributed by atoms with E-state index in [1.165, 1.54) is 0 Å². The van der Waals surface area contributed by atoms with Gasteiger partial charge in [-0.05, 0) is 19.8 Å². The van der Waals surface area contributed by atoms with E-state index < -0.39 is 5.60 Å². The Morgan fingerprint density at radius 1 is 1.44 bits per heavy atom. The zero-order chi connectivity index (χ0) is 12.3. The Kier molecular flexibility index (Phi) is 4.39. The second kappa shape index (κ2) is 5.19. The van der Waals surface area contributed by atoms with Crippen LogP contribution >= 0.6 is 11.6 Å². The van der Waals surface area contributed by atoms with Gasteiger partial charge in [-0.2, -0.15) is 5.10 Å². The number of aromatic nitrogens is 2. The van der Waals surface area contributed by atoms with Gasteiger partial charge in [0.25, 0.3) is 0 Å². The van der Waals surface area contributed by atoms with Crippen LogP contribution in [0.2, 0.25) is 5.15 Å². The maximum Gasteiger partial charge on any atom is 0.130 e. The summed E-state index contributed by atoms with van der Waals surface area (Å²) in [6.45, 7) is 6.02. The zero-order valence-electron chi connectivity index (χ0n) is 10.5. The molecule has 0 aliphatic rings. The second-order valence-electron chi connectivity index (χ2n) is 4.48. The molecule has 1 rings (SSSR count). The van der Waals surface area contributed by atoms with Crippen molar-refractivity contribution in [2.75, 3.05) is 0 Å². The highest BCUT2D eigenvalue weighted by Crippen LogP contribution is 2.28. The lowest BCUT2D eigenvalue weighted by atomic mass is 9.88. The lowest BCUT2D eigenvalue weighted by Crippen LogP contribution is -2.30. The molecule has 1 N–H and O–H groups in total. The molecule has 1 aromatic heterocycles. The van der Waals surface area contributed by atoms with E-state index in [0.717, 1.165) is 30.5 Å². The largest absolute Gasteiger partial charge is 0.390 e. The molecule has 0 saturated heterocycles. The van der Waals surface area contributed by atoms with Gasteiger partial charge in [-0.25, -0.2) is 0 Å². The van der Waals surface area contributed by atoms with Gasteiger partial charge in [-0.1, -0.05) is 31.9 Å². The Morgan fingerprint density at radius 2 is 2.06 bits per heavy atom. The van der Waals surface area contributed by atoms with E-state index in [0.29, 0.717) is 11.6 Å². The minimum Gasteiger partial charge on any atom is -0.390 e. The first-order chi connectivity index (χ1) is 7.43. The fourth-order valence-corrected chi connectivity index (χ4v) is 2.30. The molecule has 0 amide bonds. The lowest BCUT2D eigenvalue weighted by Gasteiger charge is -2.26. The number of aryl methyl sites for hydroxylation is 2. The first kappa shape index (κ1) is 13.5. The van der Waals surface area contributed by atoms with Gasteiger partial charge < -0.3 is 5.11 Å². The van der Waals surface area contributed by atoms with E-state index in [9.17, 15) is 5.11 Å². The zero-order valence-corrected chi connectivity index (χ0v) is 11.3. The molecule has 0 radical (unpaired) electrons. The summed E-state index contributed by atoms with van der Waals surface area (Å²) >= 11 is 6.17. The highest BCUT2D eigenvalue weighted by atomic mass is 35.5. The molecular weight excluding hydrogens is 224 g/mol. The highest BCUT2D eigenvalue weighted by Gasteiger charge is 2.27. The van der Waals surface area contributed by atoms with Crippen LogP contribution in [0.3, 0.4) is 0 Å². The summed E-state index contributed by atoms with van der Waals surface area (Å²) in [5, 5.41) is 15.3. The third-order valence-corrected chi connectivity index (χ3v) is 3.62. The average molecular weight is 245 g/mol. The SMILES string of the molecule is CCCC(O)(CC)Cc1c(C)nn(C)c1Cl. The fourth-order valence-electron chi connectivity index (χ4n) is 2.06. The molecule has 0 saturated carbocycles. The van der Waals surface area contributed by atoms with Crippen LogP contribution in [-0.2, 0) is 13.5 Å². The molecule has 16 heavy (non-hydrogen) atoms. The van der Waals surface area contributed by atoms with Crippen molar-refractivity contribution >= 4 is 11.6 Å². The van der Waals surface area contributed by atoms with Crippen LogP contribution in [0, 0.1) is 6.92 Å². The van der Waals surface area contributed by atoms with E-state index in [4.69, 9.17) is 11.6 Å². The molecule has 0 bridgehead atoms. The maximum atomic E-state index is 10.4. The Balaban J connectivity index is 2.93. The maximum absolute atomic E-state index is 10.4. The van der Waals surface area contributed by atoms with Crippen LogP contribution in [-0.4, -0.2) is 20.5 Å². The first-order valence-electron chi connectivity index (χ1n) is 5.84. The average Bonchev–Trinajstić information content (AvgIpc) is 2.46. The summed E-state index contributed by atoms with van der Waals surface area (Å²) in [5.74, 6) is 0. The quantitative estimate of drug-likeness (QED) is 0.865. The highest BCUT2D eigenvalue weighted by molar-refractivity contribution is 6.30. The van der Waals surface area contributed by atoms with Gasteiger partial charge >= 0.3 is 0 Å². The van der Waals surface area contributed by atoms with Crippen molar-refractivity contribution < 1.29 is 5.11 Å². The minimum absolute atomic E-state index is 0.593.